The molecule has 0 radical (unpaired) electrons. The zero-order valence-corrected chi connectivity index (χ0v) is 26.2. The zero-order valence-electron chi connectivity index (χ0n) is 23.7. The number of carbonyl (C=O) groups is 1. The van der Waals surface area contributed by atoms with Gasteiger partial charge in [0.2, 0.25) is 0 Å². The van der Waals surface area contributed by atoms with Crippen LogP contribution in [0.2, 0.25) is 0 Å². The van der Waals surface area contributed by atoms with Crippen molar-refractivity contribution in [1.29, 1.82) is 0 Å². The number of rotatable bonds is 13. The first kappa shape index (κ1) is 32.7. The van der Waals surface area contributed by atoms with Gasteiger partial charge in [-0.2, -0.15) is 0 Å². The molecule has 7 heteroatoms. The summed E-state index contributed by atoms with van der Waals surface area (Å²) in [5.41, 5.74) is -0.607. The van der Waals surface area contributed by atoms with Gasteiger partial charge in [0.1, 0.15) is 7.42 Å². The third-order valence-corrected chi connectivity index (χ3v) is 12.2. The predicted octanol–water partition coefficient (Wildman–Crippen LogP) is 8.06. The number of hydrogen-bond acceptors (Lipinski definition) is 6. The van der Waals surface area contributed by atoms with Crippen molar-refractivity contribution in [2.24, 2.45) is 5.41 Å². The van der Waals surface area contributed by atoms with Gasteiger partial charge in [0.05, 0.1) is 12.2 Å². The van der Waals surface area contributed by atoms with E-state index >= 15 is 0 Å². The summed E-state index contributed by atoms with van der Waals surface area (Å²) in [4.78, 5) is 12.5. The number of nitrogens with zero attached hydrogens (tertiary/aromatic N) is 2. The van der Waals surface area contributed by atoms with E-state index < -0.39 is 7.42 Å². The molecular formula is C25H53N2O2PS2. The third-order valence-electron chi connectivity index (χ3n) is 4.83. The number of ether oxygens (including phenoxy) is 1. The second-order valence-electron chi connectivity index (χ2n) is 12.1. The Bertz CT molecular complexity index is 537. The summed E-state index contributed by atoms with van der Waals surface area (Å²) >= 11 is 3.46. The Kier molecular flexibility index (Phi) is 13.4. The lowest BCUT2D eigenvalue weighted by molar-refractivity contribution is -0.117. The second-order valence-corrected chi connectivity index (χ2v) is 17.5. The molecule has 0 heterocycles. The molecule has 0 saturated heterocycles. The minimum absolute atomic E-state index is 0.218. The molecule has 0 atom stereocenters. The fraction of sp³-hybridized carbons (Fsp3) is 0.960. The second kappa shape index (κ2) is 13.1. The minimum atomic E-state index is -0.534. The van der Waals surface area contributed by atoms with Crippen molar-refractivity contribution < 1.29 is 9.53 Å². The van der Waals surface area contributed by atoms with Crippen molar-refractivity contribution in [3.05, 3.63) is 0 Å². The molecule has 0 aliphatic carbocycles. The SMILES string of the molecule is CC(C)N(C(C)C)P(SCC(C)(C)OCC(C)(C)SC(=O)C(C)(C)C)N(C(C)C)C(C)C. The Labute approximate surface area is 210 Å². The van der Waals surface area contributed by atoms with E-state index in [0.29, 0.717) is 30.8 Å². The summed E-state index contributed by atoms with van der Waals surface area (Å²) < 4.78 is 11.5. The largest absolute Gasteiger partial charge is 0.373 e. The predicted molar refractivity (Wildman–Crippen MR) is 150 cm³/mol. The van der Waals surface area contributed by atoms with Crippen LogP contribution in [-0.2, 0) is 9.53 Å². The molecule has 0 rings (SSSR count). The van der Waals surface area contributed by atoms with Crippen LogP contribution in [0.1, 0.15) is 104 Å². The molecule has 4 nitrogen and oxygen atoms in total. The first-order chi connectivity index (χ1) is 14.2. The maximum absolute atomic E-state index is 12.5. The number of thioether (sulfide) groups is 1. The van der Waals surface area contributed by atoms with E-state index in [2.05, 4.69) is 92.4 Å². The van der Waals surface area contributed by atoms with E-state index in [4.69, 9.17) is 4.74 Å². The van der Waals surface area contributed by atoms with Crippen molar-refractivity contribution in [3.63, 3.8) is 0 Å². The van der Waals surface area contributed by atoms with Crippen LogP contribution in [0.3, 0.4) is 0 Å². The Morgan fingerprint density at radius 2 is 1.16 bits per heavy atom. The Morgan fingerprint density at radius 1 is 0.781 bits per heavy atom. The molecule has 0 aromatic heterocycles. The molecule has 0 N–H and O–H groups in total. The van der Waals surface area contributed by atoms with Crippen LogP contribution >= 0.6 is 30.6 Å². The molecule has 0 aliphatic rings. The van der Waals surface area contributed by atoms with Crippen molar-refractivity contribution in [1.82, 2.24) is 9.34 Å². The van der Waals surface area contributed by atoms with Gasteiger partial charge in [-0.05, 0) is 83.1 Å². The highest BCUT2D eigenvalue weighted by atomic mass is 32.7. The normalized spacial score (nSPS) is 14.3. The van der Waals surface area contributed by atoms with Crippen LogP contribution in [-0.4, -0.2) is 61.3 Å². The first-order valence-corrected chi connectivity index (χ1v) is 15.7. The minimum Gasteiger partial charge on any atom is -0.373 e. The van der Waals surface area contributed by atoms with Crippen molar-refractivity contribution in [2.45, 2.75) is 138 Å². The van der Waals surface area contributed by atoms with Gasteiger partial charge in [-0.1, -0.05) is 43.9 Å². The fourth-order valence-electron chi connectivity index (χ4n) is 3.29. The quantitative estimate of drug-likeness (QED) is 0.234. The van der Waals surface area contributed by atoms with E-state index in [9.17, 15) is 4.79 Å². The molecule has 0 unspecified atom stereocenters. The molecular weight excluding hydrogens is 455 g/mol. The van der Waals surface area contributed by atoms with Gasteiger partial charge < -0.3 is 4.74 Å². The van der Waals surface area contributed by atoms with Crippen LogP contribution in [0.4, 0.5) is 0 Å². The summed E-state index contributed by atoms with van der Waals surface area (Å²) in [5.74, 6) is 0.915. The van der Waals surface area contributed by atoms with E-state index in [1.54, 1.807) is 0 Å². The average molecular weight is 509 g/mol. The van der Waals surface area contributed by atoms with Gasteiger partial charge in [-0.3, -0.25) is 14.1 Å². The first-order valence-electron chi connectivity index (χ1n) is 12.1. The molecule has 0 amide bonds. The molecule has 0 aliphatic heterocycles. The molecule has 0 spiro atoms. The summed E-state index contributed by atoms with van der Waals surface area (Å²) in [6.07, 6.45) is 0. The van der Waals surface area contributed by atoms with Crippen LogP contribution in [0.15, 0.2) is 0 Å². The lowest BCUT2D eigenvalue weighted by Gasteiger charge is -2.47. The summed E-state index contributed by atoms with van der Waals surface area (Å²) in [6.45, 7) is 33.5. The highest BCUT2D eigenvalue weighted by Crippen LogP contribution is 2.60. The molecule has 32 heavy (non-hydrogen) atoms. The Hall–Kier alpha value is 0.680. The van der Waals surface area contributed by atoms with Gasteiger partial charge in [-0.25, -0.2) is 0 Å². The highest BCUT2D eigenvalue weighted by molar-refractivity contribution is 8.54. The van der Waals surface area contributed by atoms with E-state index in [0.717, 1.165) is 5.75 Å². The van der Waals surface area contributed by atoms with E-state index in [1.165, 1.54) is 11.8 Å². The molecule has 0 aromatic carbocycles. The van der Waals surface area contributed by atoms with Crippen LogP contribution < -0.4 is 0 Å². The van der Waals surface area contributed by atoms with Gasteiger partial charge in [0.25, 0.3) is 0 Å². The molecule has 192 valence electrons. The fourth-order valence-corrected chi connectivity index (χ4v) is 11.2. The van der Waals surface area contributed by atoms with Gasteiger partial charge >= 0.3 is 0 Å². The number of carbonyl (C=O) groups excluding carboxylic acids is 1. The van der Waals surface area contributed by atoms with Crippen LogP contribution in [0, 0.1) is 5.41 Å². The standard InChI is InChI=1S/C25H53N2O2PS2/c1-18(2)26(19(3)4)30(27(20(5)6)21(7)8)31-17-24(12,13)29-16-25(14,15)32-22(28)23(9,10)11/h18-21H,16-17H2,1-15H3. The summed E-state index contributed by atoms with van der Waals surface area (Å²) in [7, 11) is -0.534. The third kappa shape index (κ3) is 11.4. The van der Waals surface area contributed by atoms with Gasteiger partial charge in [0, 0.05) is 40.1 Å². The molecule has 0 bridgehead atoms. The monoisotopic (exact) mass is 508 g/mol. The Morgan fingerprint density at radius 3 is 1.47 bits per heavy atom. The molecule has 0 fully saturated rings. The smallest absolute Gasteiger partial charge is 0.194 e. The zero-order chi connectivity index (χ0) is 25.7. The maximum Gasteiger partial charge on any atom is 0.194 e. The maximum atomic E-state index is 12.5. The molecule has 0 saturated carbocycles. The van der Waals surface area contributed by atoms with Crippen molar-refractivity contribution in [3.8, 4) is 0 Å². The lowest BCUT2D eigenvalue weighted by Crippen LogP contribution is -2.42. The van der Waals surface area contributed by atoms with E-state index in [1.807, 2.05) is 32.2 Å². The topological polar surface area (TPSA) is 32.8 Å². The van der Waals surface area contributed by atoms with Crippen LogP contribution in [0.5, 0.6) is 0 Å². The van der Waals surface area contributed by atoms with Gasteiger partial charge in [0.15, 0.2) is 5.12 Å². The van der Waals surface area contributed by atoms with E-state index in [-0.39, 0.29) is 20.9 Å². The average Bonchev–Trinajstić information content (AvgIpc) is 2.55. The van der Waals surface area contributed by atoms with Crippen molar-refractivity contribution in [2.75, 3.05) is 12.4 Å². The highest BCUT2D eigenvalue weighted by Gasteiger charge is 2.36. The molecule has 0 aromatic rings. The Balaban J connectivity index is 5.42. The summed E-state index contributed by atoms with van der Waals surface area (Å²) in [5, 5.41) is 0.218. The van der Waals surface area contributed by atoms with Crippen LogP contribution in [0.25, 0.3) is 0 Å². The summed E-state index contributed by atoms with van der Waals surface area (Å²) in [6, 6.07) is 1.93. The lowest BCUT2D eigenvalue weighted by atomic mass is 9.99. The van der Waals surface area contributed by atoms with Gasteiger partial charge in [-0.15, -0.1) is 0 Å². The van der Waals surface area contributed by atoms with Crippen molar-refractivity contribution >= 4 is 35.7 Å². The number of hydrogen-bond donors (Lipinski definition) is 0.